The van der Waals surface area contributed by atoms with Crippen molar-refractivity contribution in [2.45, 2.75) is 19.3 Å². The third kappa shape index (κ3) is 2.00. The Morgan fingerprint density at radius 3 is 2.82 bits per heavy atom. The molecule has 2 aromatic rings. The molecule has 1 aliphatic rings. The standard InChI is InChI=1S/C12H15N5/c1-9-7-15-11(16-9)10-3-6-17(8-10)12-13-4-2-5-14-12/h2,4-5,7,10H,3,6,8H2,1H3,(H,15,16)/t10-/m0/s1. The molecule has 0 aliphatic carbocycles. The van der Waals surface area contributed by atoms with E-state index in [1.807, 2.05) is 19.2 Å². The zero-order chi connectivity index (χ0) is 11.7. The molecule has 1 N–H and O–H groups in total. The lowest BCUT2D eigenvalue weighted by Gasteiger charge is -2.14. The molecule has 1 aliphatic heterocycles. The van der Waals surface area contributed by atoms with Crippen molar-refractivity contribution >= 4 is 5.95 Å². The maximum Gasteiger partial charge on any atom is 0.225 e. The van der Waals surface area contributed by atoms with Crippen molar-refractivity contribution < 1.29 is 0 Å². The molecule has 3 heterocycles. The number of H-pyrrole nitrogens is 1. The Bertz CT molecular complexity index is 493. The van der Waals surface area contributed by atoms with Gasteiger partial charge >= 0.3 is 0 Å². The van der Waals surface area contributed by atoms with E-state index in [0.29, 0.717) is 5.92 Å². The Labute approximate surface area is 99.9 Å². The van der Waals surface area contributed by atoms with Gasteiger partial charge in [0.1, 0.15) is 5.82 Å². The number of nitrogens with zero attached hydrogens (tertiary/aromatic N) is 4. The van der Waals surface area contributed by atoms with Crippen molar-refractivity contribution in [2.75, 3.05) is 18.0 Å². The summed E-state index contributed by atoms with van der Waals surface area (Å²) in [5.41, 5.74) is 1.12. The van der Waals surface area contributed by atoms with Crippen molar-refractivity contribution in [1.82, 2.24) is 19.9 Å². The predicted molar refractivity (Wildman–Crippen MR) is 64.9 cm³/mol. The van der Waals surface area contributed by atoms with Gasteiger partial charge in [-0.25, -0.2) is 15.0 Å². The molecule has 1 atom stereocenters. The summed E-state index contributed by atoms with van der Waals surface area (Å²) in [5.74, 6) is 2.37. The molecule has 0 aromatic carbocycles. The van der Waals surface area contributed by atoms with E-state index >= 15 is 0 Å². The Hall–Kier alpha value is -1.91. The number of hydrogen-bond donors (Lipinski definition) is 1. The van der Waals surface area contributed by atoms with Crippen LogP contribution in [0.4, 0.5) is 5.95 Å². The fraction of sp³-hybridized carbons (Fsp3) is 0.417. The monoisotopic (exact) mass is 229 g/mol. The van der Waals surface area contributed by atoms with Crippen LogP contribution in [-0.2, 0) is 0 Å². The maximum atomic E-state index is 4.40. The van der Waals surface area contributed by atoms with E-state index in [0.717, 1.165) is 37.0 Å². The summed E-state index contributed by atoms with van der Waals surface area (Å²) in [6, 6.07) is 1.84. The number of imidazole rings is 1. The molecule has 17 heavy (non-hydrogen) atoms. The first-order valence-corrected chi connectivity index (χ1v) is 5.86. The number of rotatable bonds is 2. The smallest absolute Gasteiger partial charge is 0.225 e. The molecule has 0 radical (unpaired) electrons. The highest BCUT2D eigenvalue weighted by Crippen LogP contribution is 2.26. The van der Waals surface area contributed by atoms with Gasteiger partial charge < -0.3 is 9.88 Å². The maximum absolute atomic E-state index is 4.40. The lowest BCUT2D eigenvalue weighted by Crippen LogP contribution is -2.21. The normalized spacial score (nSPS) is 19.8. The Balaban J connectivity index is 1.74. The molecule has 1 fully saturated rings. The number of nitrogens with one attached hydrogen (secondary N) is 1. The van der Waals surface area contributed by atoms with E-state index in [1.165, 1.54) is 0 Å². The number of aryl methyl sites for hydroxylation is 1. The van der Waals surface area contributed by atoms with Gasteiger partial charge in [0, 0.05) is 43.3 Å². The molecule has 3 rings (SSSR count). The minimum atomic E-state index is 0.465. The van der Waals surface area contributed by atoms with Crippen LogP contribution in [0.5, 0.6) is 0 Å². The van der Waals surface area contributed by atoms with Gasteiger partial charge in [-0.3, -0.25) is 0 Å². The summed E-state index contributed by atoms with van der Waals surface area (Å²) in [7, 11) is 0. The van der Waals surface area contributed by atoms with Crippen molar-refractivity contribution in [3.8, 4) is 0 Å². The van der Waals surface area contributed by atoms with E-state index in [9.17, 15) is 0 Å². The molecule has 88 valence electrons. The number of aromatic amines is 1. The van der Waals surface area contributed by atoms with E-state index in [-0.39, 0.29) is 0 Å². The molecule has 5 heteroatoms. The lowest BCUT2D eigenvalue weighted by molar-refractivity contribution is 0.719. The zero-order valence-corrected chi connectivity index (χ0v) is 9.80. The first kappa shape index (κ1) is 10.3. The van der Waals surface area contributed by atoms with Gasteiger partial charge in [0.2, 0.25) is 5.95 Å². The summed E-state index contributed by atoms with van der Waals surface area (Å²) >= 11 is 0. The second kappa shape index (κ2) is 4.16. The molecule has 0 unspecified atom stereocenters. The average Bonchev–Trinajstić information content (AvgIpc) is 2.98. The summed E-state index contributed by atoms with van der Waals surface area (Å²) in [6.45, 7) is 3.97. The summed E-state index contributed by atoms with van der Waals surface area (Å²) < 4.78 is 0. The largest absolute Gasteiger partial charge is 0.346 e. The molecule has 0 bridgehead atoms. The van der Waals surface area contributed by atoms with E-state index < -0.39 is 0 Å². The first-order chi connectivity index (χ1) is 8.33. The molecule has 1 saturated heterocycles. The molecule has 0 saturated carbocycles. The summed E-state index contributed by atoms with van der Waals surface area (Å²) in [6.07, 6.45) is 6.56. The fourth-order valence-corrected chi connectivity index (χ4v) is 2.26. The lowest BCUT2D eigenvalue weighted by atomic mass is 10.1. The number of aromatic nitrogens is 4. The van der Waals surface area contributed by atoms with Gasteiger partial charge in [0.25, 0.3) is 0 Å². The molecule has 0 spiro atoms. The van der Waals surface area contributed by atoms with Crippen LogP contribution in [0, 0.1) is 6.92 Å². The molecular formula is C12H15N5. The van der Waals surface area contributed by atoms with Crippen LogP contribution < -0.4 is 4.90 Å². The Morgan fingerprint density at radius 2 is 2.12 bits per heavy atom. The topological polar surface area (TPSA) is 57.7 Å². The zero-order valence-electron chi connectivity index (χ0n) is 9.80. The van der Waals surface area contributed by atoms with Gasteiger partial charge in [-0.15, -0.1) is 0 Å². The highest BCUT2D eigenvalue weighted by Gasteiger charge is 2.27. The summed E-state index contributed by atoms with van der Waals surface area (Å²) in [4.78, 5) is 18.5. The van der Waals surface area contributed by atoms with Gasteiger partial charge in [0.15, 0.2) is 0 Å². The third-order valence-corrected chi connectivity index (χ3v) is 3.13. The van der Waals surface area contributed by atoms with Crippen LogP contribution in [0.15, 0.2) is 24.7 Å². The predicted octanol–water partition coefficient (Wildman–Crippen LogP) is 1.50. The molecular weight excluding hydrogens is 214 g/mol. The molecule has 0 amide bonds. The van der Waals surface area contributed by atoms with Crippen LogP contribution in [0.3, 0.4) is 0 Å². The van der Waals surface area contributed by atoms with Crippen molar-refractivity contribution in [2.24, 2.45) is 0 Å². The minimum absolute atomic E-state index is 0.465. The van der Waals surface area contributed by atoms with E-state index in [1.54, 1.807) is 12.4 Å². The average molecular weight is 229 g/mol. The number of hydrogen-bond acceptors (Lipinski definition) is 4. The second-order valence-electron chi connectivity index (χ2n) is 4.43. The van der Waals surface area contributed by atoms with Crippen LogP contribution in [0.2, 0.25) is 0 Å². The highest BCUT2D eigenvalue weighted by atomic mass is 15.3. The van der Waals surface area contributed by atoms with Crippen LogP contribution in [0.1, 0.15) is 23.9 Å². The van der Waals surface area contributed by atoms with E-state index in [2.05, 4.69) is 24.8 Å². The van der Waals surface area contributed by atoms with Crippen molar-refractivity contribution in [3.05, 3.63) is 36.2 Å². The quantitative estimate of drug-likeness (QED) is 0.848. The first-order valence-electron chi connectivity index (χ1n) is 5.86. The van der Waals surface area contributed by atoms with Crippen LogP contribution in [-0.4, -0.2) is 33.0 Å². The Kier molecular flexibility index (Phi) is 2.51. The summed E-state index contributed by atoms with van der Waals surface area (Å²) in [5, 5.41) is 0. The molecule has 2 aromatic heterocycles. The SMILES string of the molecule is Cc1cnc([C@H]2CCN(c3ncccn3)C2)[nH]1. The van der Waals surface area contributed by atoms with Crippen molar-refractivity contribution in [3.63, 3.8) is 0 Å². The van der Waals surface area contributed by atoms with Gasteiger partial charge in [-0.05, 0) is 19.4 Å². The van der Waals surface area contributed by atoms with Gasteiger partial charge in [0.05, 0.1) is 0 Å². The van der Waals surface area contributed by atoms with Gasteiger partial charge in [-0.1, -0.05) is 0 Å². The highest BCUT2D eigenvalue weighted by molar-refractivity contribution is 5.32. The van der Waals surface area contributed by atoms with Crippen molar-refractivity contribution in [1.29, 1.82) is 0 Å². The fourth-order valence-electron chi connectivity index (χ4n) is 2.26. The van der Waals surface area contributed by atoms with E-state index in [4.69, 9.17) is 0 Å². The third-order valence-electron chi connectivity index (χ3n) is 3.13. The molecule has 5 nitrogen and oxygen atoms in total. The number of anilines is 1. The second-order valence-corrected chi connectivity index (χ2v) is 4.43. The van der Waals surface area contributed by atoms with Crippen LogP contribution in [0.25, 0.3) is 0 Å². The van der Waals surface area contributed by atoms with Gasteiger partial charge in [-0.2, -0.15) is 0 Å². The van der Waals surface area contributed by atoms with Crippen LogP contribution >= 0.6 is 0 Å². The Morgan fingerprint density at radius 1 is 1.29 bits per heavy atom. The minimum Gasteiger partial charge on any atom is -0.346 e.